The molecule has 2 unspecified atom stereocenters. The maximum absolute atomic E-state index is 5.87. The first-order valence-electron chi connectivity index (χ1n) is 8.28. The fourth-order valence-corrected chi connectivity index (χ4v) is 4.15. The smallest absolute Gasteiger partial charge is 0.112 e. The zero-order chi connectivity index (χ0) is 15.0. The predicted octanol–water partition coefficient (Wildman–Crippen LogP) is 4.93. The van der Waals surface area contributed by atoms with E-state index in [1.165, 1.54) is 32.7 Å². The lowest BCUT2D eigenvalue weighted by atomic mass is 9.89. The molecule has 1 saturated heterocycles. The van der Waals surface area contributed by atoms with E-state index in [0.717, 1.165) is 23.9 Å². The molecule has 0 amide bonds. The molecule has 2 nitrogen and oxygen atoms in total. The fraction of sp³-hybridized carbons (Fsp3) is 0.190. The lowest BCUT2D eigenvalue weighted by molar-refractivity contribution is 0.373. The average Bonchev–Trinajstić information content (AvgIpc) is 3.39. The number of ether oxygens (including phenoxy) is 1. The molecule has 2 heterocycles. The van der Waals surface area contributed by atoms with Crippen LogP contribution in [0.1, 0.15) is 23.7 Å². The number of benzene rings is 3. The van der Waals surface area contributed by atoms with Crippen molar-refractivity contribution < 1.29 is 4.74 Å². The summed E-state index contributed by atoms with van der Waals surface area (Å²) < 4.78 is 5.87. The zero-order valence-electron chi connectivity index (χ0n) is 12.6. The van der Waals surface area contributed by atoms with Gasteiger partial charge >= 0.3 is 0 Å². The number of aromatic nitrogens is 1. The maximum Gasteiger partial charge on any atom is 0.112 e. The van der Waals surface area contributed by atoms with E-state index in [9.17, 15) is 0 Å². The van der Waals surface area contributed by atoms with Crippen molar-refractivity contribution in [1.29, 1.82) is 0 Å². The van der Waals surface area contributed by atoms with Gasteiger partial charge in [-0.2, -0.15) is 0 Å². The van der Waals surface area contributed by atoms with Crippen LogP contribution in [-0.4, -0.2) is 11.1 Å². The van der Waals surface area contributed by atoms with Crippen molar-refractivity contribution >= 4 is 32.6 Å². The van der Waals surface area contributed by atoms with Crippen LogP contribution in [-0.2, 0) is 11.2 Å². The van der Waals surface area contributed by atoms with Crippen molar-refractivity contribution in [2.45, 2.75) is 25.0 Å². The van der Waals surface area contributed by atoms with Gasteiger partial charge < -0.3 is 4.74 Å². The van der Waals surface area contributed by atoms with Crippen LogP contribution < -0.4 is 0 Å². The monoisotopic (exact) mass is 297 g/mol. The Balaban J connectivity index is 1.78. The third-order valence-electron chi connectivity index (χ3n) is 5.37. The molecule has 23 heavy (non-hydrogen) atoms. The molecule has 1 aliphatic carbocycles. The molecule has 2 atom stereocenters. The minimum absolute atomic E-state index is 0.280. The molecular weight excluding hydrogens is 282 g/mol. The summed E-state index contributed by atoms with van der Waals surface area (Å²) in [5.41, 5.74) is 5.00. The fourth-order valence-electron chi connectivity index (χ4n) is 4.15. The van der Waals surface area contributed by atoms with Gasteiger partial charge in [-0.3, -0.25) is 0 Å². The number of nitrogens with zero attached hydrogens (tertiary/aromatic N) is 1. The van der Waals surface area contributed by atoms with Crippen molar-refractivity contribution in [3.63, 3.8) is 0 Å². The van der Waals surface area contributed by atoms with Gasteiger partial charge in [0.1, 0.15) is 6.10 Å². The van der Waals surface area contributed by atoms with Gasteiger partial charge in [0.25, 0.3) is 0 Å². The third kappa shape index (κ3) is 1.59. The molecule has 4 aromatic rings. The van der Waals surface area contributed by atoms with Crippen LogP contribution in [0.5, 0.6) is 0 Å². The van der Waals surface area contributed by atoms with E-state index in [1.807, 2.05) is 0 Å². The van der Waals surface area contributed by atoms with E-state index in [2.05, 4.69) is 54.6 Å². The Kier molecular flexibility index (Phi) is 2.14. The summed E-state index contributed by atoms with van der Waals surface area (Å²) in [5.74, 6) is 0. The SMILES string of the molecule is c1ccc2c(c1)ccc1cc3ccc4c(c3nc12)C1OC1CC4. The standard InChI is InChI=1S/C21H15NO/c1-2-4-16-12(3-1)5-7-14-11-15-8-6-13-9-10-17-21(23-17)18(13)20(15)22-19(14)16/h1-8,11,17,21H,9-10H2. The highest BCUT2D eigenvalue weighted by Gasteiger charge is 2.45. The summed E-state index contributed by atoms with van der Waals surface area (Å²) in [6.45, 7) is 0. The molecule has 3 aromatic carbocycles. The molecule has 0 saturated carbocycles. The molecular formula is C21H15NO. The second kappa shape index (κ2) is 4.09. The maximum atomic E-state index is 5.87. The molecule has 2 heteroatoms. The number of aryl methyl sites for hydroxylation is 1. The first kappa shape index (κ1) is 12.0. The molecule has 1 fully saturated rings. The Labute approximate surface area is 133 Å². The number of pyridine rings is 1. The van der Waals surface area contributed by atoms with Crippen molar-refractivity contribution in [2.24, 2.45) is 0 Å². The largest absolute Gasteiger partial charge is 0.364 e. The van der Waals surface area contributed by atoms with Gasteiger partial charge in [-0.15, -0.1) is 0 Å². The number of hydrogen-bond donors (Lipinski definition) is 0. The summed E-state index contributed by atoms with van der Waals surface area (Å²) in [7, 11) is 0. The van der Waals surface area contributed by atoms with E-state index >= 15 is 0 Å². The van der Waals surface area contributed by atoms with Crippen LogP contribution in [0.4, 0.5) is 0 Å². The van der Waals surface area contributed by atoms with E-state index in [-0.39, 0.29) is 6.10 Å². The first-order chi connectivity index (χ1) is 11.4. The van der Waals surface area contributed by atoms with Gasteiger partial charge in [-0.1, -0.05) is 48.5 Å². The Bertz CT molecular complexity index is 1110. The van der Waals surface area contributed by atoms with E-state index < -0.39 is 0 Å². The van der Waals surface area contributed by atoms with Crippen LogP contribution in [0.25, 0.3) is 32.6 Å². The summed E-state index contributed by atoms with van der Waals surface area (Å²) in [6.07, 6.45) is 2.97. The van der Waals surface area contributed by atoms with Crippen molar-refractivity contribution in [2.75, 3.05) is 0 Å². The van der Waals surface area contributed by atoms with E-state index in [0.29, 0.717) is 6.10 Å². The molecule has 1 aliphatic heterocycles. The third-order valence-corrected chi connectivity index (χ3v) is 5.37. The molecule has 110 valence electrons. The summed E-state index contributed by atoms with van der Waals surface area (Å²) in [6, 6.07) is 19.6. The Hall–Kier alpha value is -2.45. The van der Waals surface area contributed by atoms with E-state index in [1.54, 1.807) is 0 Å². The highest BCUT2D eigenvalue weighted by molar-refractivity contribution is 6.08. The quantitative estimate of drug-likeness (QED) is 0.261. The van der Waals surface area contributed by atoms with Crippen molar-refractivity contribution in [1.82, 2.24) is 4.98 Å². The summed E-state index contributed by atoms with van der Waals surface area (Å²) in [4.78, 5) is 5.12. The Morgan fingerprint density at radius 2 is 1.70 bits per heavy atom. The van der Waals surface area contributed by atoms with Crippen molar-refractivity contribution in [3.8, 4) is 0 Å². The predicted molar refractivity (Wildman–Crippen MR) is 92.7 cm³/mol. The van der Waals surface area contributed by atoms with Crippen LogP contribution in [0.3, 0.4) is 0 Å². The van der Waals surface area contributed by atoms with Gasteiger partial charge in [-0.05, 0) is 29.9 Å². The van der Waals surface area contributed by atoms with Crippen LogP contribution >= 0.6 is 0 Å². The number of epoxide rings is 1. The topological polar surface area (TPSA) is 25.4 Å². The molecule has 6 rings (SSSR count). The van der Waals surface area contributed by atoms with Crippen LogP contribution in [0, 0.1) is 0 Å². The van der Waals surface area contributed by atoms with Gasteiger partial charge in [0, 0.05) is 21.7 Å². The van der Waals surface area contributed by atoms with Gasteiger partial charge in [0.15, 0.2) is 0 Å². The summed E-state index contributed by atoms with van der Waals surface area (Å²) in [5, 5.41) is 4.91. The molecule has 2 aliphatic rings. The number of rotatable bonds is 0. The lowest BCUT2D eigenvalue weighted by Gasteiger charge is -2.15. The molecule has 1 aromatic heterocycles. The Morgan fingerprint density at radius 1 is 0.870 bits per heavy atom. The Morgan fingerprint density at radius 3 is 2.70 bits per heavy atom. The van der Waals surface area contributed by atoms with Crippen LogP contribution in [0.2, 0.25) is 0 Å². The van der Waals surface area contributed by atoms with Crippen molar-refractivity contribution in [3.05, 3.63) is 65.7 Å². The van der Waals surface area contributed by atoms with Gasteiger partial charge in [-0.25, -0.2) is 4.98 Å². The minimum Gasteiger partial charge on any atom is -0.364 e. The first-order valence-corrected chi connectivity index (χ1v) is 8.28. The minimum atomic E-state index is 0.280. The molecule has 0 spiro atoms. The summed E-state index contributed by atoms with van der Waals surface area (Å²) >= 11 is 0. The van der Waals surface area contributed by atoms with Gasteiger partial charge in [0.2, 0.25) is 0 Å². The normalized spacial score (nSPS) is 22.3. The lowest BCUT2D eigenvalue weighted by Crippen LogP contribution is -2.05. The molecule has 0 bridgehead atoms. The highest BCUT2D eigenvalue weighted by atomic mass is 16.6. The van der Waals surface area contributed by atoms with E-state index in [4.69, 9.17) is 9.72 Å². The average molecular weight is 297 g/mol. The second-order valence-electron chi connectivity index (χ2n) is 6.69. The zero-order valence-corrected chi connectivity index (χ0v) is 12.6. The molecule has 0 N–H and O–H groups in total. The highest BCUT2D eigenvalue weighted by Crippen LogP contribution is 2.49. The molecule has 0 radical (unpaired) electrons. The van der Waals surface area contributed by atoms with Crippen LogP contribution in [0.15, 0.2) is 54.6 Å². The number of hydrogen-bond acceptors (Lipinski definition) is 2. The van der Waals surface area contributed by atoms with Gasteiger partial charge in [0.05, 0.1) is 17.1 Å². The number of fused-ring (bicyclic) bond motifs is 8. The second-order valence-corrected chi connectivity index (χ2v) is 6.69.